The van der Waals surface area contributed by atoms with Gasteiger partial charge in [-0.15, -0.1) is 10.2 Å². The van der Waals surface area contributed by atoms with Crippen LogP contribution in [0.15, 0.2) is 47.9 Å². The van der Waals surface area contributed by atoms with Crippen LogP contribution in [0.25, 0.3) is 5.65 Å². The highest BCUT2D eigenvalue weighted by molar-refractivity contribution is 7.99. The van der Waals surface area contributed by atoms with Gasteiger partial charge >= 0.3 is 0 Å². The predicted molar refractivity (Wildman–Crippen MR) is 68.8 cm³/mol. The fourth-order valence-corrected chi connectivity index (χ4v) is 2.44. The smallest absolute Gasteiger partial charge is 0.196 e. The largest absolute Gasteiger partial charge is 0.359 e. The van der Waals surface area contributed by atoms with Crippen LogP contribution in [0.1, 0.15) is 10.5 Å². The summed E-state index contributed by atoms with van der Waals surface area (Å²) in [5.41, 5.74) is 1.41. The summed E-state index contributed by atoms with van der Waals surface area (Å²) in [6, 6.07) is 9.27. The lowest BCUT2D eigenvalue weighted by molar-refractivity contribution is 0.101. The van der Waals surface area contributed by atoms with E-state index in [2.05, 4.69) is 15.2 Å². The van der Waals surface area contributed by atoms with Crippen molar-refractivity contribution in [3.05, 3.63) is 48.4 Å². The first-order chi connectivity index (χ1) is 8.84. The Bertz CT molecular complexity index is 674. The lowest BCUT2D eigenvalue weighted by Crippen LogP contribution is -2.03. The molecule has 0 unspecified atom stereocenters. The Morgan fingerprint density at radius 1 is 1.28 bits per heavy atom. The second-order valence-electron chi connectivity index (χ2n) is 3.71. The summed E-state index contributed by atoms with van der Waals surface area (Å²) in [5.74, 6) is 0.397. The van der Waals surface area contributed by atoms with Gasteiger partial charge in [0, 0.05) is 12.4 Å². The number of hydrogen-bond donors (Lipinski definition) is 1. The number of carbonyl (C=O) groups excluding carboxylic acids is 1. The van der Waals surface area contributed by atoms with Crippen LogP contribution in [0.3, 0.4) is 0 Å². The number of hydrogen-bond acceptors (Lipinski definition) is 4. The number of rotatable bonds is 4. The molecule has 0 saturated carbocycles. The monoisotopic (exact) mass is 258 g/mol. The van der Waals surface area contributed by atoms with Crippen molar-refractivity contribution in [2.45, 2.75) is 5.16 Å². The number of fused-ring (bicyclic) bond motifs is 1. The highest BCUT2D eigenvalue weighted by atomic mass is 32.2. The molecular weight excluding hydrogens is 248 g/mol. The van der Waals surface area contributed by atoms with Crippen LogP contribution >= 0.6 is 11.8 Å². The van der Waals surface area contributed by atoms with Gasteiger partial charge in [-0.1, -0.05) is 17.8 Å². The fourth-order valence-electron chi connectivity index (χ4n) is 1.63. The average molecular weight is 258 g/mol. The molecule has 5 nitrogen and oxygen atoms in total. The number of pyridine rings is 1. The summed E-state index contributed by atoms with van der Waals surface area (Å²) >= 11 is 1.38. The molecule has 0 aliphatic heterocycles. The molecular formula is C12H10N4OS. The Balaban J connectivity index is 1.76. The van der Waals surface area contributed by atoms with Crippen molar-refractivity contribution in [2.75, 3.05) is 5.75 Å². The number of nitrogens with zero attached hydrogens (tertiary/aromatic N) is 3. The van der Waals surface area contributed by atoms with Crippen molar-refractivity contribution in [1.82, 2.24) is 19.6 Å². The lowest BCUT2D eigenvalue weighted by Gasteiger charge is -1.98. The van der Waals surface area contributed by atoms with Gasteiger partial charge in [0.15, 0.2) is 16.6 Å². The van der Waals surface area contributed by atoms with E-state index in [4.69, 9.17) is 0 Å². The van der Waals surface area contributed by atoms with E-state index in [1.54, 1.807) is 12.3 Å². The van der Waals surface area contributed by atoms with Gasteiger partial charge in [-0.25, -0.2) is 0 Å². The van der Waals surface area contributed by atoms with Crippen molar-refractivity contribution >= 4 is 23.2 Å². The molecule has 90 valence electrons. The Morgan fingerprint density at radius 2 is 2.22 bits per heavy atom. The van der Waals surface area contributed by atoms with Gasteiger partial charge in [-0.3, -0.25) is 9.20 Å². The Morgan fingerprint density at radius 3 is 3.06 bits per heavy atom. The van der Waals surface area contributed by atoms with Crippen LogP contribution < -0.4 is 0 Å². The van der Waals surface area contributed by atoms with Crippen LogP contribution in [0.5, 0.6) is 0 Å². The Labute approximate surface area is 107 Å². The first kappa shape index (κ1) is 11.0. The maximum absolute atomic E-state index is 11.8. The van der Waals surface area contributed by atoms with E-state index in [1.165, 1.54) is 11.8 Å². The average Bonchev–Trinajstić information content (AvgIpc) is 3.06. The molecule has 6 heteroatoms. The van der Waals surface area contributed by atoms with Crippen molar-refractivity contribution in [3.63, 3.8) is 0 Å². The second-order valence-corrected chi connectivity index (χ2v) is 4.65. The van der Waals surface area contributed by atoms with Gasteiger partial charge in [0.25, 0.3) is 0 Å². The summed E-state index contributed by atoms with van der Waals surface area (Å²) < 4.78 is 1.87. The Hall–Kier alpha value is -2.08. The molecule has 0 atom stereocenters. The van der Waals surface area contributed by atoms with Gasteiger partial charge in [0.1, 0.15) is 0 Å². The third kappa shape index (κ3) is 2.02. The normalized spacial score (nSPS) is 10.9. The fraction of sp³-hybridized carbons (Fsp3) is 0.0833. The van der Waals surface area contributed by atoms with Gasteiger partial charge in [0.05, 0.1) is 11.4 Å². The van der Waals surface area contributed by atoms with Crippen LogP contribution in [0, 0.1) is 0 Å². The van der Waals surface area contributed by atoms with E-state index >= 15 is 0 Å². The molecule has 0 aliphatic rings. The number of H-pyrrole nitrogens is 1. The SMILES string of the molecule is O=C(CSc1nnc2ccccn12)c1ccc[nH]1. The summed E-state index contributed by atoms with van der Waals surface area (Å²) in [6.45, 7) is 0. The summed E-state index contributed by atoms with van der Waals surface area (Å²) in [7, 11) is 0. The van der Waals surface area contributed by atoms with E-state index in [1.807, 2.05) is 34.9 Å². The van der Waals surface area contributed by atoms with Crippen molar-refractivity contribution in [1.29, 1.82) is 0 Å². The maximum atomic E-state index is 11.8. The third-order valence-electron chi connectivity index (χ3n) is 2.51. The van der Waals surface area contributed by atoms with Gasteiger partial charge in [-0.2, -0.15) is 0 Å². The number of aromatic amines is 1. The quantitative estimate of drug-likeness (QED) is 0.574. The number of ketones is 1. The van der Waals surface area contributed by atoms with E-state index in [9.17, 15) is 4.79 Å². The van der Waals surface area contributed by atoms with E-state index in [0.29, 0.717) is 11.4 Å². The number of carbonyl (C=O) groups is 1. The molecule has 3 heterocycles. The maximum Gasteiger partial charge on any atom is 0.196 e. The van der Waals surface area contributed by atoms with Gasteiger partial charge in [-0.05, 0) is 24.3 Å². The van der Waals surface area contributed by atoms with Gasteiger partial charge < -0.3 is 4.98 Å². The highest BCUT2D eigenvalue weighted by Gasteiger charge is 2.10. The van der Waals surface area contributed by atoms with Crippen molar-refractivity contribution in [2.24, 2.45) is 0 Å². The second kappa shape index (κ2) is 4.66. The lowest BCUT2D eigenvalue weighted by atomic mass is 10.3. The third-order valence-corrected chi connectivity index (χ3v) is 3.46. The molecule has 1 N–H and O–H groups in total. The van der Waals surface area contributed by atoms with Crippen LogP contribution in [0.2, 0.25) is 0 Å². The minimum Gasteiger partial charge on any atom is -0.359 e. The van der Waals surface area contributed by atoms with Crippen LogP contribution in [-0.4, -0.2) is 31.1 Å². The zero-order valence-electron chi connectivity index (χ0n) is 9.41. The van der Waals surface area contributed by atoms with Crippen LogP contribution in [-0.2, 0) is 0 Å². The molecule has 0 saturated heterocycles. The topological polar surface area (TPSA) is 63.1 Å². The number of aromatic nitrogens is 4. The number of nitrogens with one attached hydrogen (secondary N) is 1. The molecule has 0 aromatic carbocycles. The zero-order valence-corrected chi connectivity index (χ0v) is 10.2. The molecule has 3 aromatic heterocycles. The summed E-state index contributed by atoms with van der Waals surface area (Å²) in [5, 5.41) is 8.82. The molecule has 18 heavy (non-hydrogen) atoms. The molecule has 0 aliphatic carbocycles. The van der Waals surface area contributed by atoms with Crippen molar-refractivity contribution in [3.8, 4) is 0 Å². The summed E-state index contributed by atoms with van der Waals surface area (Å²) in [4.78, 5) is 14.7. The van der Waals surface area contributed by atoms with E-state index in [-0.39, 0.29) is 5.78 Å². The Kier molecular flexibility index (Phi) is 2.85. The van der Waals surface area contributed by atoms with E-state index < -0.39 is 0 Å². The predicted octanol–water partition coefficient (Wildman–Crippen LogP) is 2.03. The number of thioether (sulfide) groups is 1. The van der Waals surface area contributed by atoms with Crippen LogP contribution in [0.4, 0.5) is 0 Å². The molecule has 3 rings (SSSR count). The standard InChI is InChI=1S/C12H10N4OS/c17-10(9-4-3-6-13-9)8-18-12-15-14-11-5-1-2-7-16(11)12/h1-7,13H,8H2. The zero-order chi connectivity index (χ0) is 12.4. The number of Topliss-reactive ketones (excluding diaryl/α,β-unsaturated/α-hetero) is 1. The highest BCUT2D eigenvalue weighted by Crippen LogP contribution is 2.17. The molecule has 0 amide bonds. The minimum atomic E-state index is 0.0534. The molecule has 0 spiro atoms. The minimum absolute atomic E-state index is 0.0534. The van der Waals surface area contributed by atoms with Crippen molar-refractivity contribution < 1.29 is 4.79 Å². The first-order valence-electron chi connectivity index (χ1n) is 5.44. The van der Waals surface area contributed by atoms with E-state index in [0.717, 1.165) is 10.8 Å². The molecule has 3 aromatic rings. The van der Waals surface area contributed by atoms with Gasteiger partial charge in [0.2, 0.25) is 0 Å². The first-order valence-corrected chi connectivity index (χ1v) is 6.42. The summed E-state index contributed by atoms with van der Waals surface area (Å²) in [6.07, 6.45) is 3.63. The molecule has 0 radical (unpaired) electrons. The molecule has 0 fully saturated rings. The molecule has 0 bridgehead atoms.